The van der Waals surface area contributed by atoms with Crippen molar-refractivity contribution in [2.24, 2.45) is 0 Å². The third-order valence-electron chi connectivity index (χ3n) is 3.24. The van der Waals surface area contributed by atoms with Crippen LogP contribution in [0.25, 0.3) is 21.8 Å². The number of fused-ring (bicyclic) bond motifs is 2. The van der Waals surface area contributed by atoms with E-state index in [9.17, 15) is 9.90 Å². The molecule has 0 aliphatic heterocycles. The number of hydrogen-bond acceptors (Lipinski definition) is 7. The lowest BCUT2D eigenvalue weighted by Gasteiger charge is -1.96. The van der Waals surface area contributed by atoms with Crippen molar-refractivity contribution in [3.8, 4) is 5.75 Å². The number of rotatable bonds is 0. The van der Waals surface area contributed by atoms with Crippen LogP contribution in [0, 0.1) is 0 Å². The van der Waals surface area contributed by atoms with E-state index in [0.717, 1.165) is 16.3 Å². The number of phenolic OH excluding ortho intramolecular Hbond substituents is 1. The molecule has 0 aliphatic carbocycles. The van der Waals surface area contributed by atoms with E-state index in [1.165, 1.54) is 6.07 Å². The Morgan fingerprint density at radius 3 is 1.81 bits per heavy atom. The highest BCUT2D eigenvalue weighted by molar-refractivity contribution is 7.80. The molecule has 32 heavy (non-hydrogen) atoms. The van der Waals surface area contributed by atoms with E-state index in [-0.39, 0.29) is 11.3 Å². The first-order chi connectivity index (χ1) is 14.7. The number of H-pyrrole nitrogens is 1. The average Bonchev–Trinajstić information content (AvgIpc) is 2.66. The minimum atomic E-state index is -4.67. The Morgan fingerprint density at radius 2 is 1.22 bits per heavy atom. The predicted molar refractivity (Wildman–Crippen MR) is 116 cm³/mol. The first kappa shape index (κ1) is 26.6. The largest absolute Gasteiger partial charge is 0.506 e. The zero-order chi connectivity index (χ0) is 24.4. The molecule has 0 bridgehead atoms. The molecule has 0 spiro atoms. The Labute approximate surface area is 182 Å². The van der Waals surface area contributed by atoms with Gasteiger partial charge in [0.25, 0.3) is 0 Å². The second-order valence-corrected chi connectivity index (χ2v) is 7.45. The molecule has 0 radical (unpaired) electrons. The van der Waals surface area contributed by atoms with E-state index in [4.69, 9.17) is 35.0 Å². The van der Waals surface area contributed by atoms with Crippen LogP contribution in [0.1, 0.15) is 0 Å². The van der Waals surface area contributed by atoms with Crippen molar-refractivity contribution in [3.63, 3.8) is 0 Å². The highest BCUT2D eigenvalue weighted by atomic mass is 32.3. The van der Waals surface area contributed by atoms with E-state index >= 15 is 0 Å². The van der Waals surface area contributed by atoms with Crippen molar-refractivity contribution in [2.45, 2.75) is 0 Å². The van der Waals surface area contributed by atoms with Gasteiger partial charge < -0.3 is 10.1 Å². The minimum absolute atomic E-state index is 0.0521. The summed E-state index contributed by atoms with van der Waals surface area (Å²) < 4.78 is 63.2. The van der Waals surface area contributed by atoms with Crippen LogP contribution >= 0.6 is 0 Å². The van der Waals surface area contributed by atoms with Gasteiger partial charge in [-0.3, -0.25) is 28.0 Å². The molecule has 0 saturated heterocycles. The number of nitrogens with zero attached hydrogens (tertiary/aromatic N) is 1. The van der Waals surface area contributed by atoms with Crippen LogP contribution in [-0.4, -0.2) is 50.1 Å². The maximum Gasteiger partial charge on any atom is 0.394 e. The topological polar surface area (TPSA) is 215 Å². The molecule has 2 aromatic carbocycles. The van der Waals surface area contributed by atoms with Gasteiger partial charge in [0.2, 0.25) is 5.56 Å². The predicted octanol–water partition coefficient (Wildman–Crippen LogP) is 2.16. The number of phenols is 1. The summed E-state index contributed by atoms with van der Waals surface area (Å²) in [5.41, 5.74) is 1.50. The van der Waals surface area contributed by atoms with E-state index in [1.807, 2.05) is 48.5 Å². The number of aromatic amines is 1. The molecule has 12 nitrogen and oxygen atoms in total. The van der Waals surface area contributed by atoms with Crippen LogP contribution in [0.3, 0.4) is 0 Å². The maximum absolute atomic E-state index is 10.8. The highest BCUT2D eigenvalue weighted by Crippen LogP contribution is 2.20. The minimum Gasteiger partial charge on any atom is -0.506 e. The maximum atomic E-state index is 10.8. The quantitative estimate of drug-likeness (QED) is 0.198. The lowest BCUT2D eigenvalue weighted by atomic mass is 10.2. The highest BCUT2D eigenvalue weighted by Gasteiger charge is 1.96. The van der Waals surface area contributed by atoms with Crippen molar-refractivity contribution in [3.05, 3.63) is 83.3 Å². The van der Waals surface area contributed by atoms with Crippen molar-refractivity contribution >= 4 is 42.6 Å². The van der Waals surface area contributed by atoms with Gasteiger partial charge >= 0.3 is 20.8 Å². The van der Waals surface area contributed by atoms with Gasteiger partial charge in [0.05, 0.1) is 0 Å². The van der Waals surface area contributed by atoms with Gasteiger partial charge in [0, 0.05) is 23.2 Å². The van der Waals surface area contributed by atoms with Crippen molar-refractivity contribution < 1.29 is 40.2 Å². The Kier molecular flexibility index (Phi) is 9.86. The normalized spacial score (nSPS) is 10.6. The van der Waals surface area contributed by atoms with Crippen LogP contribution in [0.4, 0.5) is 0 Å². The first-order valence-electron chi connectivity index (χ1n) is 8.24. The number of nitrogens with one attached hydrogen (secondary N) is 1. The lowest BCUT2D eigenvalue weighted by Crippen LogP contribution is -2.01. The zero-order valence-corrected chi connectivity index (χ0v) is 17.6. The van der Waals surface area contributed by atoms with Gasteiger partial charge in [-0.05, 0) is 29.7 Å². The monoisotopic (exact) mass is 486 g/mol. The van der Waals surface area contributed by atoms with Gasteiger partial charge in [-0.2, -0.15) is 16.8 Å². The molecule has 4 rings (SSSR count). The number of para-hydroxylation sites is 2. The number of pyridine rings is 2. The molecular weight excluding hydrogens is 468 g/mol. The lowest BCUT2D eigenvalue weighted by molar-refractivity contribution is 0.378. The Balaban J connectivity index is 0.000000230. The fourth-order valence-electron chi connectivity index (χ4n) is 2.18. The molecule has 6 N–H and O–H groups in total. The van der Waals surface area contributed by atoms with Crippen molar-refractivity contribution in [1.29, 1.82) is 0 Å². The fraction of sp³-hybridized carbons (Fsp3) is 0. The summed E-state index contributed by atoms with van der Waals surface area (Å²) in [4.78, 5) is 17.6. The third-order valence-corrected chi connectivity index (χ3v) is 3.24. The summed E-state index contributed by atoms with van der Waals surface area (Å²) in [7, 11) is -9.33. The molecular formula is C18H18N2O10S2. The first-order valence-corrected chi connectivity index (χ1v) is 11.0. The molecule has 0 aliphatic rings. The average molecular weight is 486 g/mol. The molecule has 0 saturated carbocycles. The van der Waals surface area contributed by atoms with Gasteiger partial charge in [-0.15, -0.1) is 0 Å². The van der Waals surface area contributed by atoms with Crippen LogP contribution in [0.15, 0.2) is 77.7 Å². The zero-order valence-electron chi connectivity index (χ0n) is 16.0. The van der Waals surface area contributed by atoms with Gasteiger partial charge in [-0.25, -0.2) is 0 Å². The number of benzene rings is 2. The molecule has 0 unspecified atom stereocenters. The van der Waals surface area contributed by atoms with Gasteiger partial charge in [0.15, 0.2) is 0 Å². The van der Waals surface area contributed by atoms with E-state index in [0.29, 0.717) is 5.52 Å². The molecule has 4 aromatic rings. The molecule has 0 fully saturated rings. The molecule has 14 heteroatoms. The van der Waals surface area contributed by atoms with Crippen molar-refractivity contribution in [1.82, 2.24) is 9.97 Å². The fourth-order valence-corrected chi connectivity index (χ4v) is 2.18. The summed E-state index contributed by atoms with van der Waals surface area (Å²) in [6, 6.07) is 20.2. The molecule has 0 atom stereocenters. The Hall–Kier alpha value is -3.40. The smallest absolute Gasteiger partial charge is 0.394 e. The summed E-state index contributed by atoms with van der Waals surface area (Å²) >= 11 is 0. The molecule has 172 valence electrons. The third kappa shape index (κ3) is 12.3. The molecule has 2 heterocycles. The number of aromatic nitrogens is 2. The summed E-state index contributed by atoms with van der Waals surface area (Å²) in [6.07, 6.45) is 1.67. The van der Waals surface area contributed by atoms with E-state index in [1.54, 1.807) is 18.3 Å². The van der Waals surface area contributed by atoms with Crippen LogP contribution in [0.2, 0.25) is 0 Å². The van der Waals surface area contributed by atoms with E-state index in [2.05, 4.69) is 9.97 Å². The Bertz CT molecular complexity index is 1380. The number of aromatic hydroxyl groups is 1. The summed E-state index contributed by atoms with van der Waals surface area (Å²) in [6.45, 7) is 0. The summed E-state index contributed by atoms with van der Waals surface area (Å²) in [5, 5.41) is 11.3. The van der Waals surface area contributed by atoms with E-state index < -0.39 is 20.8 Å². The second kappa shape index (κ2) is 11.8. The summed E-state index contributed by atoms with van der Waals surface area (Å²) in [5.74, 6) is 0.239. The molecule has 0 amide bonds. The van der Waals surface area contributed by atoms with Crippen molar-refractivity contribution in [2.75, 3.05) is 0 Å². The van der Waals surface area contributed by atoms with Crippen LogP contribution in [-0.2, 0) is 20.8 Å². The standard InChI is InChI=1S/2C9H7NO.2H2O4S/c11-8-5-1-3-7-4-2-6-10-9(7)8;11-9-6-5-7-3-1-2-4-8(7)10-9;2*1-5(2,3)4/h1-6,11H;1-6H,(H,10,11);2*(H2,1,2,3,4). The van der Waals surface area contributed by atoms with Crippen LogP contribution < -0.4 is 5.56 Å². The van der Waals surface area contributed by atoms with Crippen LogP contribution in [0.5, 0.6) is 5.75 Å². The van der Waals surface area contributed by atoms with Gasteiger partial charge in [0.1, 0.15) is 11.3 Å². The second-order valence-electron chi connectivity index (χ2n) is 5.66. The SMILES string of the molecule is O=S(=O)(O)O.O=S(=O)(O)O.O=c1ccc2ccccc2[nH]1.Oc1cccc2cccnc12. The Morgan fingerprint density at radius 1 is 0.688 bits per heavy atom. The van der Waals surface area contributed by atoms with Gasteiger partial charge in [-0.1, -0.05) is 36.4 Å². The number of hydrogen-bond donors (Lipinski definition) is 6. The molecule has 2 aromatic heterocycles.